The summed E-state index contributed by atoms with van der Waals surface area (Å²) in [5, 5.41) is 3.87. The first-order chi connectivity index (χ1) is 10.6. The molecule has 0 heterocycles. The predicted molar refractivity (Wildman–Crippen MR) is 86.3 cm³/mol. The minimum Gasteiger partial charge on any atom is -0.494 e. The highest BCUT2D eigenvalue weighted by molar-refractivity contribution is 6.32. The molecule has 0 saturated heterocycles. The Hall–Kier alpha value is -1.78. The lowest BCUT2D eigenvalue weighted by Crippen LogP contribution is -2.24. The van der Waals surface area contributed by atoms with Crippen molar-refractivity contribution in [3.63, 3.8) is 0 Å². The quantitative estimate of drug-likeness (QED) is 0.774. The van der Waals surface area contributed by atoms with Crippen LogP contribution in [0.2, 0.25) is 5.02 Å². The fraction of sp³-hybridized carbons (Fsp3) is 0.294. The maximum Gasteiger partial charge on any atom is 0.165 e. The molecule has 22 heavy (non-hydrogen) atoms. The van der Waals surface area contributed by atoms with Gasteiger partial charge in [0, 0.05) is 12.6 Å². The van der Waals surface area contributed by atoms with Crippen LogP contribution in [-0.4, -0.2) is 20.3 Å². The van der Waals surface area contributed by atoms with E-state index in [1.54, 1.807) is 12.1 Å². The lowest BCUT2D eigenvalue weighted by Gasteiger charge is -2.15. The van der Waals surface area contributed by atoms with E-state index in [0.29, 0.717) is 23.9 Å². The van der Waals surface area contributed by atoms with E-state index in [1.807, 2.05) is 31.2 Å². The summed E-state index contributed by atoms with van der Waals surface area (Å²) in [5.41, 5.74) is 0.857. The molecule has 0 aromatic heterocycles. The third-order valence-electron chi connectivity index (χ3n) is 3.32. The van der Waals surface area contributed by atoms with Crippen LogP contribution in [0.1, 0.15) is 18.5 Å². The third kappa shape index (κ3) is 4.36. The molecule has 2 aromatic rings. The van der Waals surface area contributed by atoms with Gasteiger partial charge in [-0.2, -0.15) is 0 Å². The summed E-state index contributed by atoms with van der Waals surface area (Å²) in [6.07, 6.45) is 0. The largest absolute Gasteiger partial charge is 0.494 e. The lowest BCUT2D eigenvalue weighted by molar-refractivity contribution is 0.307. The standard InChI is InChI=1S/C17H19ClFNO2/c1-12(13-7-8-17(21-2)15(19)11-13)20-9-10-22-16-6-4-3-5-14(16)18/h3-8,11-12,20H,9-10H2,1-2H3. The minimum absolute atomic E-state index is 0.00949. The van der Waals surface area contributed by atoms with Crippen LogP contribution in [0, 0.1) is 5.82 Å². The van der Waals surface area contributed by atoms with E-state index < -0.39 is 0 Å². The summed E-state index contributed by atoms with van der Waals surface area (Å²) in [4.78, 5) is 0. The van der Waals surface area contributed by atoms with E-state index in [1.165, 1.54) is 13.2 Å². The fourth-order valence-corrected chi connectivity index (χ4v) is 2.26. The molecule has 1 atom stereocenters. The van der Waals surface area contributed by atoms with Gasteiger partial charge >= 0.3 is 0 Å². The average molecular weight is 324 g/mol. The number of nitrogens with one attached hydrogen (secondary N) is 1. The van der Waals surface area contributed by atoms with E-state index in [2.05, 4.69) is 5.32 Å². The summed E-state index contributed by atoms with van der Waals surface area (Å²) in [7, 11) is 1.45. The highest BCUT2D eigenvalue weighted by atomic mass is 35.5. The van der Waals surface area contributed by atoms with Gasteiger partial charge in [0.25, 0.3) is 0 Å². The van der Waals surface area contributed by atoms with Crippen LogP contribution in [0.4, 0.5) is 4.39 Å². The first-order valence-corrected chi connectivity index (χ1v) is 7.43. The molecule has 2 aromatic carbocycles. The van der Waals surface area contributed by atoms with Crippen LogP contribution in [0.15, 0.2) is 42.5 Å². The zero-order chi connectivity index (χ0) is 15.9. The maximum absolute atomic E-state index is 13.7. The molecule has 1 unspecified atom stereocenters. The molecule has 1 N–H and O–H groups in total. The second-order valence-electron chi connectivity index (χ2n) is 4.85. The first kappa shape index (κ1) is 16.6. The Labute approximate surface area is 135 Å². The van der Waals surface area contributed by atoms with Crippen LogP contribution in [0.5, 0.6) is 11.5 Å². The molecule has 0 saturated carbocycles. The van der Waals surface area contributed by atoms with Gasteiger partial charge in [0.15, 0.2) is 11.6 Å². The predicted octanol–water partition coefficient (Wildman–Crippen LogP) is 4.22. The number of halogens is 2. The van der Waals surface area contributed by atoms with Crippen molar-refractivity contribution in [3.05, 3.63) is 58.9 Å². The van der Waals surface area contributed by atoms with Gasteiger partial charge in [-0.05, 0) is 36.8 Å². The Morgan fingerprint density at radius 1 is 1.18 bits per heavy atom. The number of benzene rings is 2. The second kappa shape index (κ2) is 8.01. The topological polar surface area (TPSA) is 30.5 Å². The SMILES string of the molecule is COc1ccc(C(C)NCCOc2ccccc2Cl)cc1F. The number of ether oxygens (including phenoxy) is 2. The van der Waals surface area contributed by atoms with Gasteiger partial charge < -0.3 is 14.8 Å². The van der Waals surface area contributed by atoms with E-state index in [9.17, 15) is 4.39 Å². The molecule has 0 fully saturated rings. The Balaban J connectivity index is 1.82. The summed E-state index contributed by atoms with van der Waals surface area (Å²) < 4.78 is 24.2. The van der Waals surface area contributed by atoms with Gasteiger partial charge in [0.1, 0.15) is 12.4 Å². The van der Waals surface area contributed by atoms with Gasteiger partial charge in [0.05, 0.1) is 12.1 Å². The summed E-state index contributed by atoms with van der Waals surface area (Å²) in [6, 6.07) is 12.3. The molecule has 0 aliphatic heterocycles. The molecule has 5 heteroatoms. The van der Waals surface area contributed by atoms with Crippen LogP contribution in [0.3, 0.4) is 0 Å². The molecular formula is C17H19ClFNO2. The minimum atomic E-state index is -0.360. The van der Waals surface area contributed by atoms with E-state index in [4.69, 9.17) is 21.1 Å². The smallest absolute Gasteiger partial charge is 0.165 e. The summed E-state index contributed by atoms with van der Waals surface area (Å²) in [6.45, 7) is 3.07. The summed E-state index contributed by atoms with van der Waals surface area (Å²) >= 11 is 6.01. The van der Waals surface area contributed by atoms with E-state index >= 15 is 0 Å². The Bertz CT molecular complexity index is 621. The lowest BCUT2D eigenvalue weighted by atomic mass is 10.1. The van der Waals surface area contributed by atoms with Crippen molar-refractivity contribution in [2.24, 2.45) is 0 Å². The van der Waals surface area contributed by atoms with Crippen LogP contribution < -0.4 is 14.8 Å². The van der Waals surface area contributed by atoms with Crippen molar-refractivity contribution in [1.82, 2.24) is 5.32 Å². The van der Waals surface area contributed by atoms with Gasteiger partial charge in [-0.3, -0.25) is 0 Å². The Morgan fingerprint density at radius 3 is 2.64 bits per heavy atom. The van der Waals surface area contributed by atoms with E-state index in [-0.39, 0.29) is 17.6 Å². The van der Waals surface area contributed by atoms with Crippen LogP contribution in [0.25, 0.3) is 0 Å². The molecule has 0 amide bonds. The summed E-state index contributed by atoms with van der Waals surface area (Å²) in [5.74, 6) is 0.549. The molecule has 0 radical (unpaired) electrons. The number of para-hydroxylation sites is 1. The van der Waals surface area contributed by atoms with Gasteiger partial charge in [-0.1, -0.05) is 29.8 Å². The Kier molecular flexibility index (Phi) is 6.04. The molecule has 0 aliphatic rings. The van der Waals surface area contributed by atoms with E-state index in [0.717, 1.165) is 5.56 Å². The normalized spacial score (nSPS) is 12.0. The average Bonchev–Trinajstić information content (AvgIpc) is 2.52. The van der Waals surface area contributed by atoms with Crippen LogP contribution >= 0.6 is 11.6 Å². The van der Waals surface area contributed by atoms with Crippen molar-refractivity contribution in [2.45, 2.75) is 13.0 Å². The third-order valence-corrected chi connectivity index (χ3v) is 3.63. The van der Waals surface area contributed by atoms with Gasteiger partial charge in [0.2, 0.25) is 0 Å². The highest BCUT2D eigenvalue weighted by Crippen LogP contribution is 2.23. The molecule has 3 nitrogen and oxygen atoms in total. The number of hydrogen-bond donors (Lipinski definition) is 1. The van der Waals surface area contributed by atoms with Crippen molar-refractivity contribution in [1.29, 1.82) is 0 Å². The zero-order valence-electron chi connectivity index (χ0n) is 12.6. The highest BCUT2D eigenvalue weighted by Gasteiger charge is 2.09. The van der Waals surface area contributed by atoms with Gasteiger partial charge in [-0.15, -0.1) is 0 Å². The molecule has 118 valence electrons. The first-order valence-electron chi connectivity index (χ1n) is 7.06. The molecule has 2 rings (SSSR count). The number of methoxy groups -OCH3 is 1. The van der Waals surface area contributed by atoms with Gasteiger partial charge in [-0.25, -0.2) is 4.39 Å². The zero-order valence-corrected chi connectivity index (χ0v) is 13.4. The van der Waals surface area contributed by atoms with Crippen molar-refractivity contribution < 1.29 is 13.9 Å². The molecule has 0 aliphatic carbocycles. The fourth-order valence-electron chi connectivity index (χ4n) is 2.07. The molecule has 0 spiro atoms. The molecular weight excluding hydrogens is 305 g/mol. The van der Waals surface area contributed by atoms with Crippen LogP contribution in [-0.2, 0) is 0 Å². The molecule has 0 bridgehead atoms. The Morgan fingerprint density at radius 2 is 1.95 bits per heavy atom. The van der Waals surface area contributed by atoms with Crippen molar-refractivity contribution in [2.75, 3.05) is 20.3 Å². The van der Waals surface area contributed by atoms with Crippen molar-refractivity contribution in [3.8, 4) is 11.5 Å². The van der Waals surface area contributed by atoms with Crippen molar-refractivity contribution >= 4 is 11.6 Å². The monoisotopic (exact) mass is 323 g/mol. The second-order valence-corrected chi connectivity index (χ2v) is 5.26. The number of rotatable bonds is 7. The number of hydrogen-bond acceptors (Lipinski definition) is 3. The maximum atomic E-state index is 13.7.